The Morgan fingerprint density at radius 3 is 1.31 bits per heavy atom. The van der Waals surface area contributed by atoms with Crippen molar-refractivity contribution in [3.05, 3.63) is 101 Å². The van der Waals surface area contributed by atoms with Gasteiger partial charge in [-0.25, -0.2) is 0 Å². The third-order valence-corrected chi connectivity index (χ3v) is 18.1. The van der Waals surface area contributed by atoms with E-state index in [0.717, 1.165) is 56.7 Å². The Bertz CT molecular complexity index is 2560. The SMILES string of the molecule is COc1cc(C=C(C#N)C#N)sc1-c1cc2c(s1)C1=CC3C=C4C(=CC3C=C1C21CCCCC1)c1sc(-c2sc(C=C(C#N)C#N)cc2OC)cc1C41CCCCC1. The molecule has 0 saturated heterocycles. The van der Waals surface area contributed by atoms with Crippen LogP contribution >= 0.6 is 45.3 Å². The smallest absolute Gasteiger partial charge is 0.138 e. The fraction of sp³-hybridized carbons (Fsp3) is 0.333. The lowest BCUT2D eigenvalue weighted by Gasteiger charge is -2.40. The van der Waals surface area contributed by atoms with Gasteiger partial charge in [-0.1, -0.05) is 62.8 Å². The lowest BCUT2D eigenvalue weighted by Crippen LogP contribution is -2.31. The van der Waals surface area contributed by atoms with Gasteiger partial charge in [0.05, 0.1) is 24.0 Å². The van der Waals surface area contributed by atoms with E-state index in [1.165, 1.54) is 91.5 Å². The van der Waals surface area contributed by atoms with E-state index >= 15 is 0 Å². The molecule has 0 N–H and O–H groups in total. The van der Waals surface area contributed by atoms with Gasteiger partial charge in [0.15, 0.2) is 0 Å². The molecule has 2 atom stereocenters. The number of fused-ring (bicyclic) bond motifs is 11. The summed E-state index contributed by atoms with van der Waals surface area (Å²) in [5.74, 6) is 2.13. The molecule has 2 spiro atoms. The molecule has 10 rings (SSSR count). The molecule has 0 radical (unpaired) electrons. The zero-order chi connectivity index (χ0) is 39.8. The first kappa shape index (κ1) is 37.1. The van der Waals surface area contributed by atoms with Crippen molar-refractivity contribution in [3.63, 3.8) is 0 Å². The standard InChI is InChI=1S/C48H38N4O2S4/c1-53-39-19-31(13-27(23-49)24-50)55-45(39)41-21-37-43(57-41)33-15-29-18-36-34(16-30(29)17-35(33)47(37)9-5-3-6-10-47)44-38(48(36)11-7-4-8-12-48)22-42(58-44)46-40(54-2)20-32(56-46)14-28(25-51)26-52/h13-22,29-30H,3-12H2,1-2H3. The highest BCUT2D eigenvalue weighted by molar-refractivity contribution is 7.24. The Labute approximate surface area is 354 Å². The van der Waals surface area contributed by atoms with Crippen molar-refractivity contribution >= 4 is 68.6 Å². The summed E-state index contributed by atoms with van der Waals surface area (Å²) in [5.41, 5.74) is 9.03. The Morgan fingerprint density at radius 2 is 0.948 bits per heavy atom. The highest BCUT2D eigenvalue weighted by Crippen LogP contribution is 2.66. The summed E-state index contributed by atoms with van der Waals surface area (Å²) in [6.45, 7) is 0. The molecule has 6 aliphatic carbocycles. The van der Waals surface area contributed by atoms with E-state index in [-0.39, 0.29) is 33.8 Å². The second kappa shape index (κ2) is 14.3. The number of hydrogen-bond donors (Lipinski definition) is 0. The third kappa shape index (κ3) is 5.54. The highest BCUT2D eigenvalue weighted by Gasteiger charge is 2.52. The topological polar surface area (TPSA) is 114 Å². The van der Waals surface area contributed by atoms with E-state index in [0.29, 0.717) is 0 Å². The molecule has 0 amide bonds. The van der Waals surface area contributed by atoms with E-state index in [9.17, 15) is 21.0 Å². The molecule has 2 unspecified atom stereocenters. The number of nitrogens with zero attached hydrogens (tertiary/aromatic N) is 4. The quantitative estimate of drug-likeness (QED) is 0.179. The van der Waals surface area contributed by atoms with Gasteiger partial charge in [0.2, 0.25) is 0 Å². The average Bonchev–Trinajstić information content (AvgIpc) is 4.12. The zero-order valence-electron chi connectivity index (χ0n) is 32.2. The lowest BCUT2D eigenvalue weighted by molar-refractivity contribution is 0.347. The predicted octanol–water partition coefficient (Wildman–Crippen LogP) is 13.2. The fourth-order valence-electron chi connectivity index (χ4n) is 10.7. The van der Waals surface area contributed by atoms with Crippen LogP contribution in [0.5, 0.6) is 11.5 Å². The molecule has 0 aromatic carbocycles. The minimum atomic E-state index is 0.00398. The molecule has 0 bridgehead atoms. The number of rotatable bonds is 6. The maximum absolute atomic E-state index is 9.41. The molecule has 0 aliphatic heterocycles. The zero-order valence-corrected chi connectivity index (χ0v) is 35.5. The monoisotopic (exact) mass is 830 g/mol. The molecule has 58 heavy (non-hydrogen) atoms. The van der Waals surface area contributed by atoms with Gasteiger partial charge in [0.1, 0.15) is 46.9 Å². The lowest BCUT2D eigenvalue weighted by atomic mass is 9.63. The number of methoxy groups -OCH3 is 2. The van der Waals surface area contributed by atoms with Gasteiger partial charge in [-0.3, -0.25) is 0 Å². The maximum Gasteiger partial charge on any atom is 0.138 e. The van der Waals surface area contributed by atoms with Crippen LogP contribution in [0, 0.1) is 57.2 Å². The Kier molecular flexibility index (Phi) is 9.12. The van der Waals surface area contributed by atoms with E-state index in [1.54, 1.807) is 49.0 Å². The molecule has 6 aliphatic rings. The first-order valence-corrected chi connectivity index (χ1v) is 23.2. The number of nitriles is 4. The van der Waals surface area contributed by atoms with Crippen molar-refractivity contribution in [2.75, 3.05) is 14.2 Å². The molecule has 4 aromatic rings. The molecule has 286 valence electrons. The van der Waals surface area contributed by atoms with E-state index < -0.39 is 0 Å². The maximum atomic E-state index is 9.41. The van der Waals surface area contributed by atoms with Crippen LogP contribution in [0.15, 0.2) is 70.9 Å². The molecule has 6 nitrogen and oxygen atoms in total. The summed E-state index contributed by atoms with van der Waals surface area (Å²) < 4.78 is 11.8. The number of hydrogen-bond acceptors (Lipinski definition) is 10. The van der Waals surface area contributed by atoms with Gasteiger partial charge in [0, 0.05) is 51.9 Å². The van der Waals surface area contributed by atoms with Crippen molar-refractivity contribution in [3.8, 4) is 55.3 Å². The van der Waals surface area contributed by atoms with Crippen LogP contribution in [0.1, 0.15) is 94.8 Å². The second-order valence-corrected chi connectivity index (χ2v) is 20.4. The highest BCUT2D eigenvalue weighted by atomic mass is 32.1. The third-order valence-electron chi connectivity index (χ3n) is 13.3. The van der Waals surface area contributed by atoms with Crippen molar-refractivity contribution < 1.29 is 9.47 Å². The van der Waals surface area contributed by atoms with Gasteiger partial charge in [0.25, 0.3) is 0 Å². The van der Waals surface area contributed by atoms with Crippen LogP contribution in [0.25, 0.3) is 42.8 Å². The van der Waals surface area contributed by atoms with Gasteiger partial charge < -0.3 is 9.47 Å². The molecule has 2 saturated carbocycles. The Balaban J connectivity index is 1.07. The number of allylic oxidation sites excluding steroid dienone is 10. The summed E-state index contributed by atoms with van der Waals surface area (Å²) in [6.07, 6.45) is 25.9. The van der Waals surface area contributed by atoms with Gasteiger partial charge in [-0.2, -0.15) is 21.0 Å². The summed E-state index contributed by atoms with van der Waals surface area (Å²) in [4.78, 5) is 8.98. The summed E-state index contributed by atoms with van der Waals surface area (Å²) in [7, 11) is 3.39. The minimum absolute atomic E-state index is 0.00398. The van der Waals surface area contributed by atoms with Gasteiger partial charge >= 0.3 is 0 Å². The first-order valence-electron chi connectivity index (χ1n) is 20.0. The van der Waals surface area contributed by atoms with Crippen LogP contribution in [0.3, 0.4) is 0 Å². The molecule has 4 heterocycles. The number of ether oxygens (including phenoxy) is 2. The Morgan fingerprint density at radius 1 is 0.552 bits per heavy atom. The summed E-state index contributed by atoms with van der Waals surface area (Å²) in [5, 5.41) is 37.6. The number of thiophene rings is 4. The largest absolute Gasteiger partial charge is 0.495 e. The van der Waals surface area contributed by atoms with Crippen LogP contribution in [0.2, 0.25) is 0 Å². The summed E-state index contributed by atoms with van der Waals surface area (Å²) in [6, 6.07) is 16.8. The predicted molar refractivity (Wildman–Crippen MR) is 235 cm³/mol. The van der Waals surface area contributed by atoms with Crippen LogP contribution < -0.4 is 9.47 Å². The van der Waals surface area contributed by atoms with E-state index in [1.807, 2.05) is 59.1 Å². The van der Waals surface area contributed by atoms with E-state index in [2.05, 4.69) is 36.4 Å². The molecule has 2 fully saturated rings. The van der Waals surface area contributed by atoms with Crippen LogP contribution in [0.4, 0.5) is 0 Å². The first-order chi connectivity index (χ1) is 28.4. The van der Waals surface area contributed by atoms with Crippen molar-refractivity contribution in [2.24, 2.45) is 11.8 Å². The normalized spacial score (nSPS) is 21.2. The van der Waals surface area contributed by atoms with Crippen molar-refractivity contribution in [2.45, 2.75) is 75.0 Å². The van der Waals surface area contributed by atoms with Gasteiger partial charge in [-0.05, 0) is 95.5 Å². The van der Waals surface area contributed by atoms with Crippen molar-refractivity contribution in [1.29, 1.82) is 21.0 Å². The average molecular weight is 831 g/mol. The van der Waals surface area contributed by atoms with Crippen LogP contribution in [-0.4, -0.2) is 14.2 Å². The van der Waals surface area contributed by atoms with Crippen molar-refractivity contribution in [1.82, 2.24) is 0 Å². The summed E-state index contributed by atoms with van der Waals surface area (Å²) >= 11 is 6.92. The molecular formula is C48H38N4O2S4. The fourth-order valence-corrected chi connectivity index (χ4v) is 15.7. The van der Waals surface area contributed by atoms with Crippen LogP contribution in [-0.2, 0) is 10.8 Å². The molecule has 4 aromatic heterocycles. The van der Waals surface area contributed by atoms with E-state index in [4.69, 9.17) is 9.47 Å². The Hall–Kier alpha value is -5.20. The molecule has 10 heteroatoms. The minimum Gasteiger partial charge on any atom is -0.495 e. The second-order valence-electron chi connectivity index (χ2n) is 16.1. The van der Waals surface area contributed by atoms with Gasteiger partial charge in [-0.15, -0.1) is 45.3 Å². The molecular weight excluding hydrogens is 793 g/mol.